The first kappa shape index (κ1) is 87.7. The van der Waals surface area contributed by atoms with E-state index in [9.17, 15) is 53.7 Å². The summed E-state index contributed by atoms with van der Waals surface area (Å²) >= 11 is 0. The molecule has 2 amide bonds. The van der Waals surface area contributed by atoms with Gasteiger partial charge in [0.05, 0.1) is 12.1 Å². The number of aliphatic hydroxyl groups is 3. The molecule has 0 bridgehead atoms. The maximum atomic E-state index is 13.2. The average molecular weight is 1370 g/mol. The number of ketones is 5. The predicted molar refractivity (Wildman–Crippen MR) is 372 cm³/mol. The number of carboxylic acid groups (broad SMARTS) is 1. The van der Waals surface area contributed by atoms with E-state index in [1.54, 1.807) is 41.5 Å². The van der Waals surface area contributed by atoms with Crippen LogP contribution in [0.4, 0.5) is 9.59 Å². The number of aliphatic carboxylic acids is 1. The summed E-state index contributed by atoms with van der Waals surface area (Å²) in [6, 6.07) is 26.3. The predicted octanol–water partition coefficient (Wildman–Crippen LogP) is 11.9. The van der Waals surface area contributed by atoms with Gasteiger partial charge >= 0.3 is 18.2 Å². The molecule has 0 saturated heterocycles. The number of nitrogens with two attached hydrogens (primary N) is 2. The van der Waals surface area contributed by atoms with E-state index in [0.29, 0.717) is 81.5 Å². The van der Waals surface area contributed by atoms with Crippen LogP contribution in [0.5, 0.6) is 0 Å². The van der Waals surface area contributed by atoms with Crippen molar-refractivity contribution in [1.82, 2.24) is 10.6 Å². The Kier molecular flexibility index (Phi) is 41.2. The number of hydrogen-bond acceptors (Lipinski definition) is 15. The van der Waals surface area contributed by atoms with E-state index in [-0.39, 0.29) is 90.8 Å². The second-order valence-electron chi connectivity index (χ2n) is 28.5. The lowest BCUT2D eigenvalue weighted by atomic mass is 9.84. The summed E-state index contributed by atoms with van der Waals surface area (Å²) < 4.78 is 10.3. The van der Waals surface area contributed by atoms with Gasteiger partial charge in [0, 0.05) is 50.0 Å². The quantitative estimate of drug-likeness (QED) is 0.0281. The zero-order valence-corrected chi connectivity index (χ0v) is 59.5. The smallest absolute Gasteiger partial charge is 0.408 e. The van der Waals surface area contributed by atoms with Gasteiger partial charge in [-0.05, 0) is 171 Å². The van der Waals surface area contributed by atoms with E-state index in [4.69, 9.17) is 26.0 Å². The summed E-state index contributed by atoms with van der Waals surface area (Å²) in [5.41, 5.74) is 13.6. The number of carboxylic acids is 1. The van der Waals surface area contributed by atoms with Crippen molar-refractivity contribution in [3.63, 3.8) is 0 Å². The number of hydrogen-bond donors (Lipinski definition) is 8. The fourth-order valence-corrected chi connectivity index (χ4v) is 10.2. The number of aliphatic hydroxyl groups excluding tert-OH is 3. The molecule has 526 valence electrons. The summed E-state index contributed by atoms with van der Waals surface area (Å²) in [5, 5.41) is 45.2. The van der Waals surface area contributed by atoms with Crippen LogP contribution in [0.1, 0.15) is 190 Å². The van der Waals surface area contributed by atoms with E-state index in [1.165, 1.54) is 0 Å². The number of alkyl carbamates (subject to hydrolysis) is 2. The molecule has 0 aliphatic heterocycles. The number of Topliss-reactive ketones (excluding diaryl/α,β-unsaturated/α-hetero) is 5. The molecule has 93 heavy (non-hydrogen) atoms. The Bertz CT molecular complexity index is 2680. The normalized spacial score (nSPS) is 16.3. The molecule has 3 aromatic rings. The molecule has 0 heterocycles. The zero-order valence-electron chi connectivity index (χ0n) is 57.1. The van der Waals surface area contributed by atoms with Gasteiger partial charge < -0.3 is 52.0 Å². The minimum atomic E-state index is -1.19. The number of rotatable bonds is 33. The summed E-state index contributed by atoms with van der Waals surface area (Å²) in [7, 11) is 0. The molecule has 3 saturated carbocycles. The molecule has 18 nitrogen and oxygen atoms in total. The molecule has 3 aliphatic carbocycles. The number of amides is 2. The molecule has 0 radical (unpaired) electrons. The van der Waals surface area contributed by atoms with E-state index in [1.807, 2.05) is 133 Å². The van der Waals surface area contributed by atoms with Gasteiger partial charge in [-0.2, -0.15) is 0 Å². The first-order chi connectivity index (χ1) is 42.1. The monoisotopic (exact) mass is 1360 g/mol. The summed E-state index contributed by atoms with van der Waals surface area (Å²) in [4.78, 5) is 97.0. The second-order valence-corrected chi connectivity index (χ2v) is 28.5. The number of benzene rings is 3. The molecule has 3 aromatic carbocycles. The van der Waals surface area contributed by atoms with Gasteiger partial charge in [0.15, 0.2) is 23.1 Å². The lowest BCUT2D eigenvalue weighted by Gasteiger charge is -2.27. The van der Waals surface area contributed by atoms with Crippen molar-refractivity contribution >= 4 is 84.3 Å². The van der Waals surface area contributed by atoms with Crippen LogP contribution in [0.15, 0.2) is 91.0 Å². The SMILES string of the molecule is CC(C)C[C@H](N)C(=O)CC(Cc1ccccc1)C(O)C(=O)CC1CC1.CC(C)C[C@H](NC(=O)OC(C)(C)C)C(=O)CC(Cc1ccccc1)C(O)C(=O)CC1CC1.CC(C)C[C@H](NC(=O)OC(C)(C)C)C(=O)O.Cl.Cl.Cl.N[C@@H](Cc1ccccc1)C(O)C(=O)CC1CC1. The molecule has 9 atom stereocenters. The minimum Gasteiger partial charge on any atom is -0.480 e. The van der Waals surface area contributed by atoms with Crippen LogP contribution in [0.2, 0.25) is 0 Å². The van der Waals surface area contributed by atoms with Crippen molar-refractivity contribution in [3.05, 3.63) is 108 Å². The van der Waals surface area contributed by atoms with E-state index in [2.05, 4.69) is 10.6 Å². The molecule has 21 heteroatoms. The van der Waals surface area contributed by atoms with Crippen LogP contribution in [0.3, 0.4) is 0 Å². The molecule has 3 fully saturated rings. The molecule has 6 rings (SSSR count). The van der Waals surface area contributed by atoms with Crippen LogP contribution < -0.4 is 22.1 Å². The Morgan fingerprint density at radius 2 is 0.753 bits per heavy atom. The van der Waals surface area contributed by atoms with E-state index >= 15 is 0 Å². The number of nitrogens with one attached hydrogen (secondary N) is 2. The number of ether oxygens (including phenoxy) is 2. The van der Waals surface area contributed by atoms with Crippen LogP contribution in [-0.4, -0.2) is 121 Å². The Morgan fingerprint density at radius 1 is 0.452 bits per heavy atom. The topological polar surface area (TPSA) is 312 Å². The van der Waals surface area contributed by atoms with Crippen LogP contribution in [-0.2, 0) is 57.5 Å². The van der Waals surface area contributed by atoms with Crippen molar-refractivity contribution in [3.8, 4) is 0 Å². The molecule has 3 aliphatic rings. The van der Waals surface area contributed by atoms with Crippen molar-refractivity contribution in [2.45, 2.75) is 246 Å². The largest absolute Gasteiger partial charge is 0.480 e. The summed E-state index contributed by atoms with van der Waals surface area (Å²) in [6.07, 6.45) is 6.19. The molecule has 10 N–H and O–H groups in total. The molecular weight excluding hydrogens is 1250 g/mol. The van der Waals surface area contributed by atoms with Crippen LogP contribution in [0, 0.1) is 47.3 Å². The second kappa shape index (κ2) is 43.7. The molecule has 5 unspecified atom stereocenters. The third-order valence-electron chi connectivity index (χ3n) is 15.4. The van der Waals surface area contributed by atoms with Gasteiger partial charge in [0.2, 0.25) is 0 Å². The van der Waals surface area contributed by atoms with Crippen molar-refractivity contribution in [1.29, 1.82) is 0 Å². The maximum Gasteiger partial charge on any atom is 0.408 e. The van der Waals surface area contributed by atoms with Gasteiger partial charge in [-0.1, -0.05) is 133 Å². The number of halogens is 3. The minimum absolute atomic E-state index is 0. The van der Waals surface area contributed by atoms with Crippen molar-refractivity contribution in [2.75, 3.05) is 0 Å². The number of carbonyl (C=O) groups is 8. The highest BCUT2D eigenvalue weighted by Crippen LogP contribution is 2.36. The highest BCUT2D eigenvalue weighted by molar-refractivity contribution is 5.90. The molecule has 0 spiro atoms. The molecular formula is C72H113Cl3N4O14. The highest BCUT2D eigenvalue weighted by Gasteiger charge is 2.37. The summed E-state index contributed by atoms with van der Waals surface area (Å²) in [5.74, 6) is -0.655. The van der Waals surface area contributed by atoms with Crippen LogP contribution >= 0.6 is 37.2 Å². The third kappa shape index (κ3) is 39.4. The fraction of sp³-hybridized carbons (Fsp3) is 0.639. The lowest BCUT2D eigenvalue weighted by molar-refractivity contribution is -0.140. The van der Waals surface area contributed by atoms with Gasteiger partial charge in [0.25, 0.3) is 0 Å². The van der Waals surface area contributed by atoms with Gasteiger partial charge in [-0.3, -0.25) is 24.0 Å². The third-order valence-corrected chi connectivity index (χ3v) is 15.4. The van der Waals surface area contributed by atoms with Crippen LogP contribution in [0.25, 0.3) is 0 Å². The summed E-state index contributed by atoms with van der Waals surface area (Å²) in [6.45, 7) is 22.3. The van der Waals surface area contributed by atoms with Gasteiger partial charge in [0.1, 0.15) is 41.3 Å². The van der Waals surface area contributed by atoms with Gasteiger partial charge in [-0.15, -0.1) is 37.2 Å². The van der Waals surface area contributed by atoms with Gasteiger partial charge in [-0.25, -0.2) is 14.4 Å². The van der Waals surface area contributed by atoms with Crippen molar-refractivity contribution in [2.24, 2.45) is 58.8 Å². The Hall–Kier alpha value is -5.31. The Labute approximate surface area is 572 Å². The lowest BCUT2D eigenvalue weighted by Crippen LogP contribution is -2.45. The first-order valence-electron chi connectivity index (χ1n) is 32.6. The first-order valence-corrected chi connectivity index (χ1v) is 32.6. The zero-order chi connectivity index (χ0) is 67.5. The van der Waals surface area contributed by atoms with E-state index < -0.39 is 83.7 Å². The van der Waals surface area contributed by atoms with E-state index in [0.717, 1.165) is 55.2 Å². The Balaban J connectivity index is 0.00000125. The maximum absolute atomic E-state index is 13.2. The van der Waals surface area contributed by atoms with Crippen molar-refractivity contribution < 1.29 is 68.3 Å². The highest BCUT2D eigenvalue weighted by atomic mass is 35.5. The average Bonchev–Trinajstić information content (AvgIpc) is 2.04. The number of carbonyl (C=O) groups excluding carboxylic acids is 7. The fourth-order valence-electron chi connectivity index (χ4n) is 10.2. The standard InChI is InChI=1S/C26H39NO5.C21H31NO3.C14H19NO2.C11H21NO4.3ClH/c1-17(2)13-21(27-25(31)32-26(3,4)5)22(28)16-20(14-18-9-7-6-8-10-18)24(30)23(29)15-19-11-12-19;1-14(2)10-18(22)19(23)13-17(11-15-6-4-3-5-7-15)21(25)20(24)12-16-8-9-16;15-12(8-10-4-2-1-3-5-10)14(17)13(16)9-11-6-7-11;1-7(2)6-8(9(13)14)12-10(15)16-11(3,4)5;;;/h6-10,17,19-21,24,30H,11-16H2,1-5H3,(H,27,31);3-7,14,16-18,21,25H,8-13,22H2,1-2H3;1-5,11-12,14,17H,6-9,15H2;7-8H,6H2,1-5H3,(H,12,15)(H,13,14);3*1H/t20?,21-,24?;17?,18-,21?;12-,14?;8-;;;/m0000.../s1. The molecule has 0 aromatic heterocycles. The Morgan fingerprint density at radius 3 is 1.06 bits per heavy atom.